The van der Waals surface area contributed by atoms with E-state index in [2.05, 4.69) is 0 Å². The zero-order valence-electron chi connectivity index (χ0n) is 13.2. The molecule has 0 heterocycles. The molecule has 0 aliphatic heterocycles. The van der Waals surface area contributed by atoms with Gasteiger partial charge in [-0.25, -0.2) is 17.1 Å². The van der Waals surface area contributed by atoms with Gasteiger partial charge < -0.3 is 0 Å². The lowest BCUT2D eigenvalue weighted by molar-refractivity contribution is -0.127. The summed E-state index contributed by atoms with van der Waals surface area (Å²) in [4.78, 5) is 12.5. The van der Waals surface area contributed by atoms with Crippen LogP contribution in [-0.4, -0.2) is 25.7 Å². The van der Waals surface area contributed by atoms with Crippen molar-refractivity contribution in [3.63, 3.8) is 0 Å². The Kier molecular flexibility index (Phi) is 4.41. The molecule has 0 N–H and O–H groups in total. The SMILES string of the molecule is CN(C(=O)[C@H]1C[C@@H]1c1ccccc1F)S(=O)(=O)Cc1ccccc1. The first kappa shape index (κ1) is 16.6. The van der Waals surface area contributed by atoms with Crippen LogP contribution < -0.4 is 0 Å². The first-order valence-electron chi connectivity index (χ1n) is 7.69. The second-order valence-corrected chi connectivity index (χ2v) is 8.02. The summed E-state index contributed by atoms with van der Waals surface area (Å²) in [6.45, 7) is 0. The lowest BCUT2D eigenvalue weighted by Crippen LogP contribution is -2.35. The molecular weight excluding hydrogens is 329 g/mol. The lowest BCUT2D eigenvalue weighted by Gasteiger charge is -2.18. The van der Waals surface area contributed by atoms with Gasteiger partial charge in [0.25, 0.3) is 0 Å². The molecule has 0 bridgehead atoms. The number of halogens is 1. The number of nitrogens with zero attached hydrogens (tertiary/aromatic N) is 1. The van der Waals surface area contributed by atoms with Crippen LogP contribution in [0.25, 0.3) is 0 Å². The van der Waals surface area contributed by atoms with E-state index in [1.807, 2.05) is 0 Å². The van der Waals surface area contributed by atoms with E-state index in [4.69, 9.17) is 0 Å². The molecule has 2 aromatic carbocycles. The Morgan fingerprint density at radius 2 is 1.75 bits per heavy atom. The molecule has 4 nitrogen and oxygen atoms in total. The van der Waals surface area contributed by atoms with Crippen molar-refractivity contribution in [3.8, 4) is 0 Å². The Hall–Kier alpha value is -2.21. The zero-order chi connectivity index (χ0) is 17.3. The van der Waals surface area contributed by atoms with Crippen LogP contribution in [0.4, 0.5) is 4.39 Å². The number of hydrogen-bond acceptors (Lipinski definition) is 3. The molecule has 1 aliphatic rings. The second kappa shape index (κ2) is 6.36. The van der Waals surface area contributed by atoms with Gasteiger partial charge in [0.2, 0.25) is 15.9 Å². The van der Waals surface area contributed by atoms with Crippen molar-refractivity contribution in [2.24, 2.45) is 5.92 Å². The average Bonchev–Trinajstić information content (AvgIpc) is 3.35. The summed E-state index contributed by atoms with van der Waals surface area (Å²) in [6, 6.07) is 15.0. The summed E-state index contributed by atoms with van der Waals surface area (Å²) in [6.07, 6.45) is 0.477. The largest absolute Gasteiger partial charge is 0.273 e. The highest BCUT2D eigenvalue weighted by Gasteiger charge is 2.48. The first-order valence-corrected chi connectivity index (χ1v) is 9.30. The minimum Gasteiger partial charge on any atom is -0.273 e. The molecule has 1 fully saturated rings. The number of sulfonamides is 1. The Bertz CT molecular complexity index is 852. The maximum Gasteiger partial charge on any atom is 0.241 e. The van der Waals surface area contributed by atoms with Crippen LogP contribution >= 0.6 is 0 Å². The van der Waals surface area contributed by atoms with Crippen LogP contribution in [0.3, 0.4) is 0 Å². The van der Waals surface area contributed by atoms with E-state index in [1.165, 1.54) is 13.1 Å². The number of benzene rings is 2. The maximum atomic E-state index is 13.8. The fraction of sp³-hybridized carbons (Fsp3) is 0.278. The van der Waals surface area contributed by atoms with Crippen molar-refractivity contribution >= 4 is 15.9 Å². The van der Waals surface area contributed by atoms with Gasteiger partial charge in [0.1, 0.15) is 5.82 Å². The molecule has 0 spiro atoms. The Morgan fingerprint density at radius 1 is 1.12 bits per heavy atom. The van der Waals surface area contributed by atoms with Gasteiger partial charge >= 0.3 is 0 Å². The topological polar surface area (TPSA) is 54.5 Å². The van der Waals surface area contributed by atoms with E-state index in [1.54, 1.807) is 48.5 Å². The number of amides is 1. The van der Waals surface area contributed by atoms with Crippen molar-refractivity contribution in [1.82, 2.24) is 4.31 Å². The highest BCUT2D eigenvalue weighted by Crippen LogP contribution is 2.49. The van der Waals surface area contributed by atoms with Gasteiger partial charge in [-0.2, -0.15) is 0 Å². The summed E-state index contributed by atoms with van der Waals surface area (Å²) in [5.74, 6) is -1.77. The fourth-order valence-electron chi connectivity index (χ4n) is 2.84. The predicted octanol–water partition coefficient (Wildman–Crippen LogP) is 2.92. The van der Waals surface area contributed by atoms with E-state index in [9.17, 15) is 17.6 Å². The van der Waals surface area contributed by atoms with Crippen LogP contribution in [0, 0.1) is 11.7 Å². The van der Waals surface area contributed by atoms with Gasteiger partial charge in [-0.05, 0) is 29.5 Å². The summed E-state index contributed by atoms with van der Waals surface area (Å²) in [5, 5.41) is 0. The Balaban J connectivity index is 1.71. The van der Waals surface area contributed by atoms with E-state index >= 15 is 0 Å². The third kappa shape index (κ3) is 3.33. The van der Waals surface area contributed by atoms with Crippen molar-refractivity contribution < 1.29 is 17.6 Å². The average molecular weight is 347 g/mol. The molecule has 0 unspecified atom stereocenters. The molecule has 0 saturated heterocycles. The third-order valence-electron chi connectivity index (χ3n) is 4.33. The zero-order valence-corrected chi connectivity index (χ0v) is 14.0. The van der Waals surface area contributed by atoms with Crippen molar-refractivity contribution in [1.29, 1.82) is 0 Å². The molecule has 126 valence electrons. The quantitative estimate of drug-likeness (QED) is 0.836. The minimum atomic E-state index is -3.74. The lowest BCUT2D eigenvalue weighted by atomic mass is 10.1. The molecule has 0 aromatic heterocycles. The molecule has 24 heavy (non-hydrogen) atoms. The molecular formula is C18H18FNO3S. The number of rotatable bonds is 5. The van der Waals surface area contributed by atoms with Gasteiger partial charge in [-0.1, -0.05) is 48.5 Å². The second-order valence-electron chi connectivity index (χ2n) is 6.02. The maximum absolute atomic E-state index is 13.8. The standard InChI is InChI=1S/C18H18FNO3S/c1-20(24(22,23)12-13-7-3-2-4-8-13)18(21)16-11-15(16)14-9-5-6-10-17(14)19/h2-10,15-16H,11-12H2,1H3/t15-,16+/m1/s1. The number of hydrogen-bond donors (Lipinski definition) is 0. The van der Waals surface area contributed by atoms with Gasteiger partial charge in [-0.15, -0.1) is 0 Å². The van der Waals surface area contributed by atoms with Gasteiger partial charge in [-0.3, -0.25) is 4.79 Å². The van der Waals surface area contributed by atoms with Gasteiger partial charge in [0.15, 0.2) is 0 Å². The van der Waals surface area contributed by atoms with Crippen LogP contribution in [-0.2, 0) is 20.6 Å². The molecule has 0 radical (unpaired) electrons. The Labute approximate surface area is 141 Å². The van der Waals surface area contributed by atoms with Crippen LogP contribution in [0.5, 0.6) is 0 Å². The molecule has 3 rings (SSSR count). The molecule has 2 aromatic rings. The summed E-state index contributed by atoms with van der Waals surface area (Å²) >= 11 is 0. The third-order valence-corrected chi connectivity index (χ3v) is 6.04. The molecule has 1 amide bonds. The molecule has 2 atom stereocenters. The van der Waals surface area contributed by atoms with E-state index in [-0.39, 0.29) is 17.5 Å². The van der Waals surface area contributed by atoms with Crippen LogP contribution in [0.1, 0.15) is 23.5 Å². The van der Waals surface area contributed by atoms with Crippen molar-refractivity contribution in [2.75, 3.05) is 7.05 Å². The molecule has 1 aliphatic carbocycles. The van der Waals surface area contributed by atoms with Crippen LogP contribution in [0.15, 0.2) is 54.6 Å². The summed E-state index contributed by atoms with van der Waals surface area (Å²) in [5.41, 5.74) is 1.10. The van der Waals surface area contributed by atoms with E-state index in [0.29, 0.717) is 17.5 Å². The van der Waals surface area contributed by atoms with Gasteiger partial charge in [0, 0.05) is 13.0 Å². The summed E-state index contributed by atoms with van der Waals surface area (Å²) in [7, 11) is -2.47. The first-order chi connectivity index (χ1) is 11.4. The summed E-state index contributed by atoms with van der Waals surface area (Å²) < 4.78 is 39.4. The van der Waals surface area contributed by atoms with E-state index < -0.39 is 21.8 Å². The monoisotopic (exact) mass is 347 g/mol. The Morgan fingerprint density at radius 3 is 2.42 bits per heavy atom. The number of carbonyl (C=O) groups is 1. The van der Waals surface area contributed by atoms with Crippen molar-refractivity contribution in [3.05, 3.63) is 71.5 Å². The van der Waals surface area contributed by atoms with E-state index in [0.717, 1.165) is 4.31 Å². The normalized spacial score (nSPS) is 19.8. The predicted molar refractivity (Wildman–Crippen MR) is 89.1 cm³/mol. The minimum absolute atomic E-state index is 0.229. The highest BCUT2D eigenvalue weighted by atomic mass is 32.2. The molecule has 1 saturated carbocycles. The highest BCUT2D eigenvalue weighted by molar-refractivity contribution is 7.88. The van der Waals surface area contributed by atoms with Crippen molar-refractivity contribution in [2.45, 2.75) is 18.1 Å². The fourth-order valence-corrected chi connectivity index (χ4v) is 4.06. The van der Waals surface area contributed by atoms with Gasteiger partial charge in [0.05, 0.1) is 5.75 Å². The van der Waals surface area contributed by atoms with Crippen LogP contribution in [0.2, 0.25) is 0 Å². The molecule has 6 heteroatoms. The number of carbonyl (C=O) groups excluding carboxylic acids is 1. The smallest absolute Gasteiger partial charge is 0.241 e.